The van der Waals surface area contributed by atoms with E-state index in [1.165, 1.54) is 11.3 Å². The fourth-order valence-corrected chi connectivity index (χ4v) is 2.66. The molecule has 1 N–H and O–H groups in total. The first-order valence-electron chi connectivity index (χ1n) is 5.77. The van der Waals surface area contributed by atoms with E-state index < -0.39 is 5.54 Å². The first-order chi connectivity index (χ1) is 8.15. The van der Waals surface area contributed by atoms with Gasteiger partial charge in [0.05, 0.1) is 11.6 Å². The van der Waals surface area contributed by atoms with Crippen LogP contribution in [-0.4, -0.2) is 16.4 Å². The van der Waals surface area contributed by atoms with Crippen LogP contribution in [0.25, 0.3) is 0 Å². The monoisotopic (exact) mass is 249 g/mol. The molecule has 1 fully saturated rings. The molecule has 1 aromatic rings. The zero-order valence-corrected chi connectivity index (χ0v) is 10.6. The van der Waals surface area contributed by atoms with E-state index in [-0.39, 0.29) is 5.91 Å². The van der Waals surface area contributed by atoms with Crippen LogP contribution in [0.5, 0.6) is 0 Å². The minimum Gasteiger partial charge on any atom is -0.332 e. The zero-order chi connectivity index (χ0) is 12.3. The number of nitrogens with zero attached hydrogens (tertiary/aromatic N) is 2. The molecule has 90 valence electrons. The Bertz CT molecular complexity index is 427. The lowest BCUT2D eigenvalue weighted by atomic mass is 9.78. The van der Waals surface area contributed by atoms with E-state index in [4.69, 9.17) is 0 Å². The van der Waals surface area contributed by atoms with Crippen molar-refractivity contribution in [2.45, 2.75) is 38.1 Å². The van der Waals surface area contributed by atoms with Gasteiger partial charge in [-0.1, -0.05) is 6.92 Å². The summed E-state index contributed by atoms with van der Waals surface area (Å²) in [7, 11) is 0. The average molecular weight is 249 g/mol. The first-order valence-corrected chi connectivity index (χ1v) is 6.71. The van der Waals surface area contributed by atoms with Crippen molar-refractivity contribution in [1.82, 2.24) is 10.3 Å². The summed E-state index contributed by atoms with van der Waals surface area (Å²) in [5.41, 5.74) is 1.34. The second-order valence-corrected chi connectivity index (χ2v) is 5.42. The van der Waals surface area contributed by atoms with Gasteiger partial charge in [-0.3, -0.25) is 4.79 Å². The second kappa shape index (κ2) is 4.84. The van der Waals surface area contributed by atoms with Gasteiger partial charge in [-0.15, -0.1) is 11.3 Å². The largest absolute Gasteiger partial charge is 0.332 e. The number of nitrogens with one attached hydrogen (secondary N) is 1. The molecule has 0 radical (unpaired) electrons. The normalized spacial score (nSPS) is 28.4. The third-order valence-electron chi connectivity index (χ3n) is 3.36. The molecule has 0 aromatic carbocycles. The lowest BCUT2D eigenvalue weighted by Crippen LogP contribution is -2.49. The van der Waals surface area contributed by atoms with Crippen molar-refractivity contribution >= 4 is 17.2 Å². The fraction of sp³-hybridized carbons (Fsp3) is 0.583. The Hall–Kier alpha value is -1.41. The van der Waals surface area contributed by atoms with Gasteiger partial charge in [0.25, 0.3) is 5.91 Å². The molecule has 17 heavy (non-hydrogen) atoms. The van der Waals surface area contributed by atoms with E-state index in [1.54, 1.807) is 10.9 Å². The zero-order valence-electron chi connectivity index (χ0n) is 9.77. The van der Waals surface area contributed by atoms with E-state index in [0.717, 1.165) is 25.7 Å². The highest BCUT2D eigenvalue weighted by molar-refractivity contribution is 7.07. The van der Waals surface area contributed by atoms with Crippen molar-refractivity contribution in [2.24, 2.45) is 5.92 Å². The Morgan fingerprint density at radius 3 is 2.88 bits per heavy atom. The number of carbonyl (C=O) groups excluding carboxylic acids is 1. The Morgan fingerprint density at radius 1 is 1.65 bits per heavy atom. The molecule has 1 saturated carbocycles. The van der Waals surface area contributed by atoms with Crippen molar-refractivity contribution in [1.29, 1.82) is 5.26 Å². The van der Waals surface area contributed by atoms with Gasteiger partial charge in [0.15, 0.2) is 0 Å². The molecule has 0 saturated heterocycles. The topological polar surface area (TPSA) is 65.8 Å². The molecule has 1 heterocycles. The fourth-order valence-electron chi connectivity index (χ4n) is 2.13. The summed E-state index contributed by atoms with van der Waals surface area (Å²) in [6, 6.07) is 2.27. The molecule has 1 aliphatic rings. The van der Waals surface area contributed by atoms with Crippen molar-refractivity contribution < 1.29 is 4.79 Å². The third kappa shape index (κ3) is 2.64. The molecule has 0 unspecified atom stereocenters. The van der Waals surface area contributed by atoms with Crippen LogP contribution in [0, 0.1) is 17.2 Å². The van der Waals surface area contributed by atoms with Gasteiger partial charge >= 0.3 is 0 Å². The SMILES string of the molecule is CC1CCC(C#N)(NC(=O)c2cscn2)CC1. The Balaban J connectivity index is 2.06. The smallest absolute Gasteiger partial charge is 0.271 e. The number of carbonyl (C=O) groups is 1. The summed E-state index contributed by atoms with van der Waals surface area (Å²) in [4.78, 5) is 15.9. The molecule has 1 aromatic heterocycles. The van der Waals surface area contributed by atoms with E-state index in [0.29, 0.717) is 11.6 Å². The van der Waals surface area contributed by atoms with Crippen LogP contribution in [0.15, 0.2) is 10.9 Å². The molecular formula is C12H15N3OS. The third-order valence-corrected chi connectivity index (χ3v) is 3.95. The quantitative estimate of drug-likeness (QED) is 0.875. The molecule has 5 heteroatoms. The van der Waals surface area contributed by atoms with Crippen LogP contribution in [0.3, 0.4) is 0 Å². The summed E-state index contributed by atoms with van der Waals surface area (Å²) in [5, 5.41) is 13.8. The Kier molecular flexibility index (Phi) is 3.43. The van der Waals surface area contributed by atoms with Gasteiger partial charge in [-0.05, 0) is 31.6 Å². The van der Waals surface area contributed by atoms with Crippen molar-refractivity contribution in [2.75, 3.05) is 0 Å². The maximum atomic E-state index is 11.9. The van der Waals surface area contributed by atoms with Crippen LogP contribution in [0.4, 0.5) is 0 Å². The van der Waals surface area contributed by atoms with Crippen molar-refractivity contribution in [3.8, 4) is 6.07 Å². The number of hydrogen-bond donors (Lipinski definition) is 1. The molecule has 0 aliphatic heterocycles. The molecule has 4 nitrogen and oxygen atoms in total. The minimum absolute atomic E-state index is 0.234. The van der Waals surface area contributed by atoms with Gasteiger partial charge in [0.1, 0.15) is 11.2 Å². The van der Waals surface area contributed by atoms with Gasteiger partial charge in [0, 0.05) is 5.38 Å². The lowest BCUT2D eigenvalue weighted by Gasteiger charge is -2.34. The number of amides is 1. The minimum atomic E-state index is -0.687. The molecular weight excluding hydrogens is 234 g/mol. The number of nitriles is 1. The molecule has 2 rings (SSSR count). The van der Waals surface area contributed by atoms with E-state index >= 15 is 0 Å². The summed E-state index contributed by atoms with van der Waals surface area (Å²) in [5.74, 6) is 0.412. The lowest BCUT2D eigenvalue weighted by molar-refractivity contribution is 0.0889. The van der Waals surface area contributed by atoms with Crippen molar-refractivity contribution in [3.63, 3.8) is 0 Å². The highest BCUT2D eigenvalue weighted by Gasteiger charge is 2.36. The van der Waals surface area contributed by atoms with E-state index in [1.807, 2.05) is 0 Å². The molecule has 1 amide bonds. The van der Waals surface area contributed by atoms with Crippen LogP contribution in [-0.2, 0) is 0 Å². The first kappa shape index (κ1) is 12.1. The highest BCUT2D eigenvalue weighted by Crippen LogP contribution is 2.31. The Labute approximate surface area is 105 Å². The number of aromatic nitrogens is 1. The predicted molar refractivity (Wildman–Crippen MR) is 65.6 cm³/mol. The molecule has 0 bridgehead atoms. The van der Waals surface area contributed by atoms with E-state index in [2.05, 4.69) is 23.3 Å². The van der Waals surface area contributed by atoms with Crippen LogP contribution in [0.1, 0.15) is 43.1 Å². The summed E-state index contributed by atoms with van der Waals surface area (Å²) in [6.45, 7) is 2.18. The maximum absolute atomic E-state index is 11.9. The van der Waals surface area contributed by atoms with Crippen LogP contribution >= 0.6 is 11.3 Å². The van der Waals surface area contributed by atoms with E-state index in [9.17, 15) is 10.1 Å². The summed E-state index contributed by atoms with van der Waals surface area (Å²) in [6.07, 6.45) is 3.46. The Morgan fingerprint density at radius 2 is 2.35 bits per heavy atom. The van der Waals surface area contributed by atoms with Crippen molar-refractivity contribution in [3.05, 3.63) is 16.6 Å². The standard InChI is InChI=1S/C12H15N3OS/c1-9-2-4-12(7-13,5-3-9)15-11(16)10-6-17-8-14-10/h6,8-9H,2-5H2,1H3,(H,15,16). The van der Waals surface area contributed by atoms with Gasteiger partial charge in [-0.2, -0.15) is 5.26 Å². The second-order valence-electron chi connectivity index (χ2n) is 4.70. The summed E-state index contributed by atoms with van der Waals surface area (Å²) >= 11 is 1.38. The number of thiazole rings is 1. The van der Waals surface area contributed by atoms with Crippen LogP contribution in [0.2, 0.25) is 0 Å². The van der Waals surface area contributed by atoms with Crippen LogP contribution < -0.4 is 5.32 Å². The molecule has 0 atom stereocenters. The highest BCUT2D eigenvalue weighted by atomic mass is 32.1. The molecule has 0 spiro atoms. The molecule has 1 aliphatic carbocycles. The van der Waals surface area contributed by atoms with Gasteiger partial charge in [-0.25, -0.2) is 4.98 Å². The van der Waals surface area contributed by atoms with Gasteiger partial charge in [0.2, 0.25) is 0 Å². The predicted octanol–water partition coefficient (Wildman–Crippen LogP) is 2.35. The summed E-state index contributed by atoms with van der Waals surface area (Å²) < 4.78 is 0. The average Bonchev–Trinajstić information content (AvgIpc) is 2.86. The number of hydrogen-bond acceptors (Lipinski definition) is 4. The maximum Gasteiger partial charge on any atom is 0.271 e. The number of rotatable bonds is 2. The van der Waals surface area contributed by atoms with Gasteiger partial charge < -0.3 is 5.32 Å².